The van der Waals surface area contributed by atoms with Gasteiger partial charge in [0.25, 0.3) is 0 Å². The fourth-order valence-electron chi connectivity index (χ4n) is 3.01. The Labute approximate surface area is 161 Å². The molecule has 7 nitrogen and oxygen atoms in total. The van der Waals surface area contributed by atoms with Crippen LogP contribution in [0, 0.1) is 11.3 Å². The molecule has 8 heteroatoms. The molecule has 0 saturated carbocycles. The van der Waals surface area contributed by atoms with Crippen molar-refractivity contribution in [3.8, 4) is 6.07 Å². The Kier molecular flexibility index (Phi) is 6.61. The van der Waals surface area contributed by atoms with Crippen LogP contribution < -0.4 is 5.32 Å². The number of hydrogen-bond donors (Lipinski definition) is 2. The Morgan fingerprint density at radius 1 is 1.26 bits per heavy atom. The smallest absolute Gasteiger partial charge is 0.336 e. The number of methoxy groups -OCH3 is 1. The van der Waals surface area contributed by atoms with E-state index < -0.39 is 17.9 Å². The number of ether oxygens (including phenoxy) is 2. The van der Waals surface area contributed by atoms with Crippen molar-refractivity contribution in [1.29, 1.82) is 5.26 Å². The second-order valence-electron chi connectivity index (χ2n) is 5.89. The molecule has 0 amide bonds. The van der Waals surface area contributed by atoms with Crippen LogP contribution in [0.25, 0.3) is 0 Å². The van der Waals surface area contributed by atoms with Gasteiger partial charge in [0.05, 0.1) is 34.3 Å². The number of allylic oxidation sites excluding steroid dienone is 2. The number of dihydropyridines is 1. The summed E-state index contributed by atoms with van der Waals surface area (Å²) in [6, 6.07) is 6.69. The minimum absolute atomic E-state index is 0.0237. The lowest BCUT2D eigenvalue weighted by Crippen LogP contribution is -2.32. The Morgan fingerprint density at radius 2 is 1.93 bits per heavy atom. The van der Waals surface area contributed by atoms with Gasteiger partial charge in [-0.15, -0.1) is 0 Å². The molecule has 142 valence electrons. The molecule has 27 heavy (non-hydrogen) atoms. The molecule has 1 aromatic rings. The summed E-state index contributed by atoms with van der Waals surface area (Å²) in [5.74, 6) is -2.84. The molecule has 2 rings (SSSR count). The lowest BCUT2D eigenvalue weighted by atomic mass is 9.80. The summed E-state index contributed by atoms with van der Waals surface area (Å²) >= 11 is 6.35. The second kappa shape index (κ2) is 8.71. The third-order valence-electron chi connectivity index (χ3n) is 4.19. The zero-order valence-corrected chi connectivity index (χ0v) is 15.9. The standard InChI is InChI=1S/C19H19ClN2O5/c1-10-14(18(23)24)16(13-6-4-5-12(9-21)17(13)20)15(11(2)22-10)19(25)27-8-7-26-3/h4-6,16,22H,7-8H2,1-3H3,(H,23,24). The molecule has 1 heterocycles. The van der Waals surface area contributed by atoms with E-state index in [1.165, 1.54) is 13.2 Å². The first-order chi connectivity index (χ1) is 12.8. The molecule has 1 atom stereocenters. The molecule has 0 aliphatic carbocycles. The zero-order chi connectivity index (χ0) is 20.1. The van der Waals surface area contributed by atoms with Crippen LogP contribution in [0.15, 0.2) is 40.7 Å². The van der Waals surface area contributed by atoms with Crippen molar-refractivity contribution in [2.45, 2.75) is 19.8 Å². The molecule has 0 bridgehead atoms. The van der Waals surface area contributed by atoms with Crippen LogP contribution in [0.5, 0.6) is 0 Å². The number of benzene rings is 1. The first-order valence-corrected chi connectivity index (χ1v) is 8.47. The third kappa shape index (κ3) is 4.13. The molecule has 0 fully saturated rings. The summed E-state index contributed by atoms with van der Waals surface area (Å²) in [5.41, 5.74) is 1.49. The highest BCUT2D eigenvalue weighted by atomic mass is 35.5. The molecule has 0 saturated heterocycles. The Balaban J connectivity index is 2.64. The number of carboxylic acids is 1. The van der Waals surface area contributed by atoms with E-state index in [0.717, 1.165) is 0 Å². The van der Waals surface area contributed by atoms with Crippen molar-refractivity contribution in [2.75, 3.05) is 20.3 Å². The van der Waals surface area contributed by atoms with Crippen LogP contribution in [0.4, 0.5) is 0 Å². The van der Waals surface area contributed by atoms with Crippen molar-refractivity contribution in [2.24, 2.45) is 0 Å². The molecular weight excluding hydrogens is 372 g/mol. The van der Waals surface area contributed by atoms with Crippen molar-refractivity contribution >= 4 is 23.5 Å². The van der Waals surface area contributed by atoms with Gasteiger partial charge in [-0.05, 0) is 25.5 Å². The Morgan fingerprint density at radius 3 is 2.52 bits per heavy atom. The molecule has 0 spiro atoms. The summed E-state index contributed by atoms with van der Waals surface area (Å²) in [7, 11) is 1.48. The largest absolute Gasteiger partial charge is 0.478 e. The average molecular weight is 391 g/mol. The number of carbonyl (C=O) groups excluding carboxylic acids is 1. The van der Waals surface area contributed by atoms with Crippen molar-refractivity contribution < 1.29 is 24.2 Å². The van der Waals surface area contributed by atoms with E-state index in [4.69, 9.17) is 21.1 Å². The predicted octanol–water partition coefficient (Wildman–Crippen LogP) is 2.72. The molecule has 1 unspecified atom stereocenters. The Hall–Kier alpha value is -2.82. The first-order valence-electron chi connectivity index (χ1n) is 8.09. The maximum absolute atomic E-state index is 12.7. The average Bonchev–Trinajstić information content (AvgIpc) is 2.61. The molecule has 1 aliphatic rings. The predicted molar refractivity (Wildman–Crippen MR) is 97.9 cm³/mol. The second-order valence-corrected chi connectivity index (χ2v) is 6.27. The highest BCUT2D eigenvalue weighted by Gasteiger charge is 2.38. The molecule has 2 N–H and O–H groups in total. The van der Waals surface area contributed by atoms with Gasteiger partial charge >= 0.3 is 11.9 Å². The maximum Gasteiger partial charge on any atom is 0.336 e. The van der Waals surface area contributed by atoms with Gasteiger partial charge < -0.3 is 19.9 Å². The summed E-state index contributed by atoms with van der Waals surface area (Å²) in [6.45, 7) is 3.50. The fraction of sp³-hybridized carbons (Fsp3) is 0.316. The van der Waals surface area contributed by atoms with Crippen LogP contribution in [0.3, 0.4) is 0 Å². The lowest BCUT2D eigenvalue weighted by molar-refractivity contribution is -0.140. The van der Waals surface area contributed by atoms with Crippen LogP contribution >= 0.6 is 11.6 Å². The molecule has 0 radical (unpaired) electrons. The monoisotopic (exact) mass is 390 g/mol. The van der Waals surface area contributed by atoms with Crippen LogP contribution in [0.2, 0.25) is 5.02 Å². The number of rotatable bonds is 6. The zero-order valence-electron chi connectivity index (χ0n) is 15.1. The van der Waals surface area contributed by atoms with Gasteiger partial charge in [0.15, 0.2) is 0 Å². The van der Waals surface area contributed by atoms with Crippen molar-refractivity contribution in [3.05, 3.63) is 56.9 Å². The number of carboxylic acid groups (broad SMARTS) is 1. The van der Waals surface area contributed by atoms with Crippen LogP contribution in [-0.4, -0.2) is 37.4 Å². The SMILES string of the molecule is COCCOC(=O)C1=C(C)NC(C)=C(C(=O)O)C1c1cccc(C#N)c1Cl. The summed E-state index contributed by atoms with van der Waals surface area (Å²) in [4.78, 5) is 24.7. The van der Waals surface area contributed by atoms with Gasteiger partial charge in [0.1, 0.15) is 12.7 Å². The third-order valence-corrected chi connectivity index (χ3v) is 4.61. The molecule has 1 aliphatic heterocycles. The maximum atomic E-state index is 12.7. The van der Waals surface area contributed by atoms with Crippen LogP contribution in [-0.2, 0) is 19.1 Å². The molecular formula is C19H19ClN2O5. The number of nitriles is 1. The van der Waals surface area contributed by atoms with Gasteiger partial charge in [-0.2, -0.15) is 5.26 Å². The number of esters is 1. The van der Waals surface area contributed by atoms with E-state index in [9.17, 15) is 20.0 Å². The molecule has 1 aromatic carbocycles. The summed E-state index contributed by atoms with van der Waals surface area (Å²) in [5, 5.41) is 22.0. The summed E-state index contributed by atoms with van der Waals surface area (Å²) in [6.07, 6.45) is 0. The quantitative estimate of drug-likeness (QED) is 0.567. The number of aliphatic carboxylic acids is 1. The van der Waals surface area contributed by atoms with E-state index in [1.54, 1.807) is 26.0 Å². The number of nitrogens with zero attached hydrogens (tertiary/aromatic N) is 1. The highest BCUT2D eigenvalue weighted by molar-refractivity contribution is 6.32. The summed E-state index contributed by atoms with van der Waals surface area (Å²) < 4.78 is 10.1. The number of halogens is 1. The highest BCUT2D eigenvalue weighted by Crippen LogP contribution is 2.42. The van der Waals surface area contributed by atoms with Gasteiger partial charge in [-0.25, -0.2) is 9.59 Å². The van der Waals surface area contributed by atoms with Crippen LogP contribution in [0.1, 0.15) is 30.9 Å². The number of carbonyl (C=O) groups is 2. The van der Waals surface area contributed by atoms with E-state index in [2.05, 4.69) is 5.32 Å². The van der Waals surface area contributed by atoms with E-state index in [-0.39, 0.29) is 34.9 Å². The minimum atomic E-state index is -1.20. The van der Waals surface area contributed by atoms with Crippen molar-refractivity contribution in [1.82, 2.24) is 5.32 Å². The lowest BCUT2D eigenvalue weighted by Gasteiger charge is -2.30. The Bertz CT molecular complexity index is 883. The van der Waals surface area contributed by atoms with E-state index >= 15 is 0 Å². The van der Waals surface area contributed by atoms with Gasteiger partial charge in [-0.1, -0.05) is 23.7 Å². The van der Waals surface area contributed by atoms with Crippen molar-refractivity contribution in [3.63, 3.8) is 0 Å². The van der Waals surface area contributed by atoms with Gasteiger partial charge in [0.2, 0.25) is 0 Å². The normalized spacial score (nSPS) is 16.6. The molecule has 0 aromatic heterocycles. The minimum Gasteiger partial charge on any atom is -0.478 e. The fourth-order valence-corrected chi connectivity index (χ4v) is 3.29. The topological polar surface area (TPSA) is 109 Å². The van der Waals surface area contributed by atoms with Gasteiger partial charge in [-0.3, -0.25) is 0 Å². The first kappa shape index (κ1) is 20.5. The van der Waals surface area contributed by atoms with E-state index in [1.807, 2.05) is 6.07 Å². The number of nitrogens with one attached hydrogen (secondary N) is 1. The van der Waals surface area contributed by atoms with E-state index in [0.29, 0.717) is 17.0 Å². The number of hydrogen-bond acceptors (Lipinski definition) is 6. The van der Waals surface area contributed by atoms with Gasteiger partial charge in [0, 0.05) is 18.5 Å².